The van der Waals surface area contributed by atoms with Gasteiger partial charge in [-0.1, -0.05) is 48.5 Å². The van der Waals surface area contributed by atoms with Gasteiger partial charge in [0.25, 0.3) is 0 Å². The second-order valence-electron chi connectivity index (χ2n) is 9.73. The highest BCUT2D eigenvalue weighted by molar-refractivity contribution is 6.16. The van der Waals surface area contributed by atoms with Gasteiger partial charge in [-0.2, -0.15) is 0 Å². The van der Waals surface area contributed by atoms with E-state index in [-0.39, 0.29) is 11.8 Å². The van der Waals surface area contributed by atoms with E-state index in [1.54, 1.807) is 0 Å². The minimum absolute atomic E-state index is 0.270. The number of para-hydroxylation sites is 1. The molecule has 1 fully saturated rings. The van der Waals surface area contributed by atoms with Crippen molar-refractivity contribution in [3.63, 3.8) is 0 Å². The summed E-state index contributed by atoms with van der Waals surface area (Å²) in [5, 5.41) is 12.2. The molecule has 4 aromatic rings. The van der Waals surface area contributed by atoms with E-state index >= 15 is 0 Å². The van der Waals surface area contributed by atoms with Gasteiger partial charge in [-0.3, -0.25) is 5.41 Å². The highest BCUT2D eigenvalue weighted by atomic mass is 16.5. The monoisotopic (exact) mass is 536 g/mol. The Morgan fingerprint density at radius 1 is 1.02 bits per heavy atom. The Hall–Kier alpha value is -4.56. The van der Waals surface area contributed by atoms with Crippen molar-refractivity contribution < 1.29 is 9.53 Å². The zero-order chi connectivity index (χ0) is 28.2. The third kappa shape index (κ3) is 8.22. The van der Waals surface area contributed by atoms with E-state index < -0.39 is 0 Å². The van der Waals surface area contributed by atoms with Crippen molar-refractivity contribution >= 4 is 23.6 Å². The lowest BCUT2D eigenvalue weighted by molar-refractivity contribution is -0.107. The second-order valence-corrected chi connectivity index (χ2v) is 9.73. The third-order valence-corrected chi connectivity index (χ3v) is 6.61. The van der Waals surface area contributed by atoms with Gasteiger partial charge in [-0.15, -0.1) is 0 Å². The quantitative estimate of drug-likeness (QED) is 0.188. The molecule has 0 saturated carbocycles. The van der Waals surface area contributed by atoms with Crippen LogP contribution in [0.5, 0.6) is 11.5 Å². The standard InChI is InChI=1S/C23H26N6O.C9H10O/c1-29-13-5-6-17(14-29)28-23-20(22(25)26-15-27-23)21(24)16-9-11-19(12-10-16)30-18-7-3-2-4-8-18;10-8-4-7-9-5-2-1-3-6-9/h2-4,7-12,15,17,24H,5-6,13-14H2,1H3,(H3,25,26,27,28);1-3,5-6,8H,4,7H2. The number of carbonyl (C=O) groups is 1. The average molecular weight is 537 g/mol. The summed E-state index contributed by atoms with van der Waals surface area (Å²) in [6, 6.07) is 27.3. The lowest BCUT2D eigenvalue weighted by Crippen LogP contribution is -2.40. The molecule has 5 rings (SSSR count). The summed E-state index contributed by atoms with van der Waals surface area (Å²) in [4.78, 5) is 20.8. The van der Waals surface area contributed by atoms with Crippen molar-refractivity contribution in [2.45, 2.75) is 31.7 Å². The van der Waals surface area contributed by atoms with Crippen molar-refractivity contribution in [3.8, 4) is 11.5 Å². The molecule has 0 aliphatic carbocycles. The number of aryl methyl sites for hydroxylation is 1. The van der Waals surface area contributed by atoms with E-state index in [2.05, 4.69) is 27.2 Å². The van der Waals surface area contributed by atoms with Crippen molar-refractivity contribution in [1.29, 1.82) is 5.41 Å². The maximum absolute atomic E-state index is 9.98. The number of anilines is 2. The number of nitrogens with one attached hydrogen (secondary N) is 2. The molecule has 0 radical (unpaired) electrons. The Balaban J connectivity index is 0.000000312. The van der Waals surface area contributed by atoms with Crippen molar-refractivity contribution in [3.05, 3.63) is 108 Å². The number of nitrogens with zero attached hydrogens (tertiary/aromatic N) is 3. The molecule has 0 amide bonds. The zero-order valence-electron chi connectivity index (χ0n) is 22.8. The number of nitrogen functional groups attached to an aromatic ring is 1. The van der Waals surface area contributed by atoms with Crippen LogP contribution in [0, 0.1) is 5.41 Å². The highest BCUT2D eigenvalue weighted by Gasteiger charge is 2.22. The van der Waals surface area contributed by atoms with Crippen LogP contribution in [0.4, 0.5) is 11.6 Å². The maximum Gasteiger partial charge on any atom is 0.141 e. The Bertz CT molecular complexity index is 1360. The molecule has 8 heteroatoms. The molecule has 0 spiro atoms. The lowest BCUT2D eigenvalue weighted by atomic mass is 10.0. The molecular formula is C32H36N6O2. The van der Waals surface area contributed by atoms with E-state index in [1.165, 1.54) is 11.9 Å². The Kier molecular flexibility index (Phi) is 10.4. The molecule has 3 aromatic carbocycles. The summed E-state index contributed by atoms with van der Waals surface area (Å²) in [7, 11) is 2.12. The summed E-state index contributed by atoms with van der Waals surface area (Å²) in [6.07, 6.45) is 6.08. The molecule has 1 unspecified atom stereocenters. The van der Waals surface area contributed by atoms with Crippen LogP contribution in [0.25, 0.3) is 0 Å². The molecule has 1 saturated heterocycles. The first kappa shape index (κ1) is 28.4. The summed E-state index contributed by atoms with van der Waals surface area (Å²) < 4.78 is 5.84. The number of aldehydes is 1. The Labute approximate surface area is 235 Å². The lowest BCUT2D eigenvalue weighted by Gasteiger charge is -2.31. The minimum Gasteiger partial charge on any atom is -0.457 e. The molecule has 1 atom stereocenters. The fourth-order valence-electron chi connectivity index (χ4n) is 4.56. The van der Waals surface area contributed by atoms with Crippen LogP contribution in [0.2, 0.25) is 0 Å². The summed E-state index contributed by atoms with van der Waals surface area (Å²) in [5.41, 5.74) is 8.92. The van der Waals surface area contributed by atoms with Gasteiger partial charge in [0.05, 0.1) is 11.3 Å². The smallest absolute Gasteiger partial charge is 0.141 e. The first-order chi connectivity index (χ1) is 19.5. The third-order valence-electron chi connectivity index (χ3n) is 6.61. The molecule has 40 heavy (non-hydrogen) atoms. The van der Waals surface area contributed by atoms with Crippen LogP contribution in [-0.4, -0.2) is 53.0 Å². The minimum atomic E-state index is 0.270. The van der Waals surface area contributed by atoms with Gasteiger partial charge in [0.15, 0.2) is 0 Å². The van der Waals surface area contributed by atoms with Gasteiger partial charge in [0.1, 0.15) is 35.7 Å². The van der Waals surface area contributed by atoms with Crippen LogP contribution in [-0.2, 0) is 11.2 Å². The molecule has 8 nitrogen and oxygen atoms in total. The first-order valence-corrected chi connectivity index (χ1v) is 13.5. The number of ether oxygens (including phenoxy) is 1. The van der Waals surface area contributed by atoms with E-state index in [0.717, 1.165) is 50.0 Å². The number of likely N-dealkylation sites (N-methyl/N-ethyl adjacent to an activating group) is 1. The van der Waals surface area contributed by atoms with Crippen LogP contribution >= 0.6 is 0 Å². The molecule has 0 bridgehead atoms. The van der Waals surface area contributed by atoms with E-state index in [0.29, 0.717) is 29.4 Å². The van der Waals surface area contributed by atoms with Crippen LogP contribution in [0.3, 0.4) is 0 Å². The van der Waals surface area contributed by atoms with Gasteiger partial charge in [-0.05, 0) is 74.8 Å². The number of hydrogen-bond acceptors (Lipinski definition) is 8. The van der Waals surface area contributed by atoms with E-state index in [1.807, 2.05) is 84.9 Å². The molecule has 1 aliphatic heterocycles. The highest BCUT2D eigenvalue weighted by Crippen LogP contribution is 2.26. The predicted octanol–water partition coefficient (Wildman–Crippen LogP) is 5.59. The Morgan fingerprint density at radius 3 is 2.38 bits per heavy atom. The fourth-order valence-corrected chi connectivity index (χ4v) is 4.56. The number of rotatable bonds is 9. The Morgan fingerprint density at radius 2 is 1.70 bits per heavy atom. The zero-order valence-corrected chi connectivity index (χ0v) is 22.8. The number of benzene rings is 3. The molecule has 1 aliphatic rings. The molecular weight excluding hydrogens is 500 g/mol. The fraction of sp³-hybridized carbons (Fsp3) is 0.250. The first-order valence-electron chi connectivity index (χ1n) is 13.5. The van der Waals surface area contributed by atoms with Crippen LogP contribution in [0.15, 0.2) is 91.3 Å². The maximum atomic E-state index is 9.98. The number of carbonyl (C=O) groups excluding carboxylic acids is 1. The van der Waals surface area contributed by atoms with Crippen LogP contribution < -0.4 is 15.8 Å². The number of likely N-dealkylation sites (tertiary alicyclic amines) is 1. The average Bonchev–Trinajstić information content (AvgIpc) is 2.98. The van der Waals surface area contributed by atoms with Gasteiger partial charge in [-0.25, -0.2) is 9.97 Å². The topological polar surface area (TPSA) is 117 Å². The molecule has 4 N–H and O–H groups in total. The van der Waals surface area contributed by atoms with Crippen molar-refractivity contribution in [2.24, 2.45) is 0 Å². The van der Waals surface area contributed by atoms with Crippen molar-refractivity contribution in [2.75, 3.05) is 31.2 Å². The number of aromatic nitrogens is 2. The van der Waals surface area contributed by atoms with E-state index in [9.17, 15) is 4.79 Å². The van der Waals surface area contributed by atoms with Gasteiger partial charge < -0.3 is 25.5 Å². The predicted molar refractivity (Wildman–Crippen MR) is 160 cm³/mol. The second kappa shape index (κ2) is 14.6. The number of nitrogens with two attached hydrogens (primary N) is 1. The van der Waals surface area contributed by atoms with Gasteiger partial charge in [0.2, 0.25) is 0 Å². The summed E-state index contributed by atoms with van der Waals surface area (Å²) in [5.74, 6) is 2.38. The SMILES string of the molecule is CN1CCCC(Nc2ncnc(N)c2C(=N)c2ccc(Oc3ccccc3)cc2)C1.O=CCCc1ccccc1. The van der Waals surface area contributed by atoms with Crippen molar-refractivity contribution in [1.82, 2.24) is 14.9 Å². The van der Waals surface area contributed by atoms with Crippen LogP contribution in [0.1, 0.15) is 36.0 Å². The molecule has 1 aromatic heterocycles. The summed E-state index contributed by atoms with van der Waals surface area (Å²) >= 11 is 0. The summed E-state index contributed by atoms with van der Waals surface area (Å²) in [6.45, 7) is 2.03. The number of piperidine rings is 1. The number of hydrogen-bond donors (Lipinski definition) is 3. The normalized spacial score (nSPS) is 14.9. The molecule has 206 valence electrons. The van der Waals surface area contributed by atoms with E-state index in [4.69, 9.17) is 15.9 Å². The van der Waals surface area contributed by atoms with Gasteiger partial charge >= 0.3 is 0 Å². The van der Waals surface area contributed by atoms with Gasteiger partial charge in [0, 0.05) is 24.6 Å². The largest absolute Gasteiger partial charge is 0.457 e. The molecule has 2 heterocycles.